The summed E-state index contributed by atoms with van der Waals surface area (Å²) >= 11 is 0. The predicted octanol–water partition coefficient (Wildman–Crippen LogP) is 3.16. The zero-order valence-corrected chi connectivity index (χ0v) is 11.1. The molecule has 0 fully saturated rings. The van der Waals surface area contributed by atoms with Crippen LogP contribution in [0.2, 0.25) is 0 Å². The molecule has 0 heterocycles. The van der Waals surface area contributed by atoms with Gasteiger partial charge in [0, 0.05) is 0 Å². The van der Waals surface area contributed by atoms with Crippen molar-refractivity contribution in [3.63, 3.8) is 0 Å². The lowest BCUT2D eigenvalue weighted by atomic mass is 10.1. The van der Waals surface area contributed by atoms with Gasteiger partial charge in [0.05, 0.1) is 12.7 Å². The highest BCUT2D eigenvalue weighted by atomic mass is 31.2. The first-order valence-corrected chi connectivity index (χ1v) is 7.22. The summed E-state index contributed by atoms with van der Waals surface area (Å²) in [5.74, 6) is 0. The Labute approximate surface area is 102 Å². The van der Waals surface area contributed by atoms with Crippen molar-refractivity contribution in [3.8, 4) is 0 Å². The molecule has 0 aromatic heterocycles. The molecule has 17 heavy (non-hydrogen) atoms. The molecule has 0 saturated carbocycles. The zero-order chi connectivity index (χ0) is 12.7. The number of aryl methyl sites for hydroxylation is 1. The molecule has 1 aromatic carbocycles. The second kappa shape index (κ2) is 6.92. The van der Waals surface area contributed by atoms with Gasteiger partial charge in [0.25, 0.3) is 0 Å². The SMILES string of the molecule is CCOP(=O)(O)OC(C)CCc1ccccc1. The molecule has 0 amide bonds. The van der Waals surface area contributed by atoms with E-state index in [0.29, 0.717) is 6.42 Å². The molecule has 0 saturated heterocycles. The molecule has 0 aliphatic carbocycles. The van der Waals surface area contributed by atoms with E-state index in [-0.39, 0.29) is 12.7 Å². The van der Waals surface area contributed by atoms with Crippen molar-refractivity contribution in [2.45, 2.75) is 32.8 Å². The van der Waals surface area contributed by atoms with Crippen LogP contribution >= 0.6 is 7.82 Å². The topological polar surface area (TPSA) is 55.8 Å². The fourth-order valence-electron chi connectivity index (χ4n) is 1.49. The van der Waals surface area contributed by atoms with Crippen LogP contribution in [0.15, 0.2) is 30.3 Å². The van der Waals surface area contributed by atoms with Crippen molar-refractivity contribution in [3.05, 3.63) is 35.9 Å². The summed E-state index contributed by atoms with van der Waals surface area (Å²) in [5.41, 5.74) is 1.19. The Hall–Kier alpha value is -0.670. The van der Waals surface area contributed by atoms with Crippen LogP contribution in [0.3, 0.4) is 0 Å². The van der Waals surface area contributed by atoms with Crippen molar-refractivity contribution in [1.82, 2.24) is 0 Å². The van der Waals surface area contributed by atoms with Crippen LogP contribution in [-0.2, 0) is 20.0 Å². The second-order valence-electron chi connectivity index (χ2n) is 3.83. The lowest BCUT2D eigenvalue weighted by molar-refractivity contribution is 0.112. The summed E-state index contributed by atoms with van der Waals surface area (Å²) in [5, 5.41) is 0. The molecule has 1 aromatic rings. The Kier molecular flexibility index (Phi) is 5.86. The molecule has 1 N–H and O–H groups in total. The fraction of sp³-hybridized carbons (Fsp3) is 0.500. The van der Waals surface area contributed by atoms with E-state index in [9.17, 15) is 9.46 Å². The normalized spacial score (nSPS) is 16.4. The molecular formula is C12H19O4P. The Balaban J connectivity index is 2.35. The molecule has 4 nitrogen and oxygen atoms in total. The lowest BCUT2D eigenvalue weighted by Gasteiger charge is -2.16. The predicted molar refractivity (Wildman–Crippen MR) is 66.8 cm³/mol. The quantitative estimate of drug-likeness (QED) is 0.763. The lowest BCUT2D eigenvalue weighted by Crippen LogP contribution is -2.09. The first-order valence-electron chi connectivity index (χ1n) is 5.73. The van der Waals surface area contributed by atoms with Gasteiger partial charge in [-0.3, -0.25) is 9.05 Å². The molecule has 5 heteroatoms. The second-order valence-corrected chi connectivity index (χ2v) is 5.23. The summed E-state index contributed by atoms with van der Waals surface area (Å²) in [6.45, 7) is 3.59. The highest BCUT2D eigenvalue weighted by molar-refractivity contribution is 7.47. The largest absolute Gasteiger partial charge is 0.472 e. The molecule has 0 spiro atoms. The van der Waals surface area contributed by atoms with Crippen molar-refractivity contribution in [1.29, 1.82) is 0 Å². The molecule has 96 valence electrons. The van der Waals surface area contributed by atoms with Crippen LogP contribution in [0.4, 0.5) is 0 Å². The third-order valence-electron chi connectivity index (χ3n) is 2.29. The van der Waals surface area contributed by atoms with E-state index in [1.807, 2.05) is 30.3 Å². The molecule has 1 rings (SSSR count). The first kappa shape index (κ1) is 14.4. The van der Waals surface area contributed by atoms with Crippen LogP contribution in [0.1, 0.15) is 25.8 Å². The van der Waals surface area contributed by atoms with Gasteiger partial charge in [0.2, 0.25) is 0 Å². The maximum absolute atomic E-state index is 11.3. The molecular weight excluding hydrogens is 239 g/mol. The minimum atomic E-state index is -3.87. The van der Waals surface area contributed by atoms with Gasteiger partial charge in [-0.05, 0) is 32.3 Å². The summed E-state index contributed by atoms with van der Waals surface area (Å²) < 4.78 is 21.0. The van der Waals surface area contributed by atoms with Gasteiger partial charge in [0.1, 0.15) is 0 Å². The van der Waals surface area contributed by atoms with Crippen LogP contribution in [0, 0.1) is 0 Å². The monoisotopic (exact) mass is 258 g/mol. The van der Waals surface area contributed by atoms with Crippen molar-refractivity contribution < 1.29 is 18.5 Å². The molecule has 0 bridgehead atoms. The average Bonchev–Trinajstić information content (AvgIpc) is 2.27. The summed E-state index contributed by atoms with van der Waals surface area (Å²) in [4.78, 5) is 9.29. The van der Waals surface area contributed by atoms with Gasteiger partial charge in [-0.2, -0.15) is 0 Å². The first-order chi connectivity index (χ1) is 8.03. The zero-order valence-electron chi connectivity index (χ0n) is 10.2. The van der Waals surface area contributed by atoms with E-state index in [1.165, 1.54) is 5.56 Å². The van der Waals surface area contributed by atoms with E-state index in [1.54, 1.807) is 13.8 Å². The van der Waals surface area contributed by atoms with Crippen molar-refractivity contribution >= 4 is 7.82 Å². The summed E-state index contributed by atoms with van der Waals surface area (Å²) in [6, 6.07) is 9.94. The smallest absolute Gasteiger partial charge is 0.302 e. The standard InChI is InChI=1S/C12H19O4P/c1-3-15-17(13,14)16-11(2)9-10-12-7-5-4-6-8-12/h4-8,11H,3,9-10H2,1-2H3,(H,13,14). The number of hydrogen-bond donors (Lipinski definition) is 1. The van der Waals surface area contributed by atoms with E-state index in [2.05, 4.69) is 4.52 Å². The Bertz CT molecular complexity index is 366. The number of phosphoric ester groups is 1. The van der Waals surface area contributed by atoms with Crippen LogP contribution < -0.4 is 0 Å². The number of phosphoric acid groups is 1. The van der Waals surface area contributed by atoms with E-state index < -0.39 is 7.82 Å². The highest BCUT2D eigenvalue weighted by Gasteiger charge is 2.23. The average molecular weight is 258 g/mol. The minimum absolute atomic E-state index is 0.166. The van der Waals surface area contributed by atoms with Crippen LogP contribution in [0.5, 0.6) is 0 Å². The van der Waals surface area contributed by atoms with Crippen LogP contribution in [0.25, 0.3) is 0 Å². The third-order valence-corrected chi connectivity index (χ3v) is 3.50. The van der Waals surface area contributed by atoms with Gasteiger partial charge in [-0.25, -0.2) is 4.57 Å². The molecule has 2 unspecified atom stereocenters. The van der Waals surface area contributed by atoms with Crippen LogP contribution in [-0.4, -0.2) is 17.6 Å². The van der Waals surface area contributed by atoms with Gasteiger partial charge in [-0.1, -0.05) is 30.3 Å². The van der Waals surface area contributed by atoms with Crippen molar-refractivity contribution in [2.24, 2.45) is 0 Å². The third kappa shape index (κ3) is 5.99. The van der Waals surface area contributed by atoms with Gasteiger partial charge in [0.15, 0.2) is 0 Å². The highest BCUT2D eigenvalue weighted by Crippen LogP contribution is 2.44. The molecule has 0 aliphatic heterocycles. The van der Waals surface area contributed by atoms with Crippen molar-refractivity contribution in [2.75, 3.05) is 6.61 Å². The van der Waals surface area contributed by atoms with E-state index in [0.717, 1.165) is 6.42 Å². The maximum Gasteiger partial charge on any atom is 0.472 e. The maximum atomic E-state index is 11.3. The van der Waals surface area contributed by atoms with E-state index in [4.69, 9.17) is 4.52 Å². The molecule has 0 radical (unpaired) electrons. The van der Waals surface area contributed by atoms with Gasteiger partial charge in [-0.15, -0.1) is 0 Å². The molecule has 0 aliphatic rings. The van der Waals surface area contributed by atoms with Gasteiger partial charge >= 0.3 is 7.82 Å². The Morgan fingerprint density at radius 2 is 2.00 bits per heavy atom. The Morgan fingerprint density at radius 3 is 2.59 bits per heavy atom. The molecule has 2 atom stereocenters. The van der Waals surface area contributed by atoms with Gasteiger partial charge < -0.3 is 4.89 Å². The number of rotatable bonds is 7. The summed E-state index contributed by atoms with van der Waals surface area (Å²) in [7, 11) is -3.87. The minimum Gasteiger partial charge on any atom is -0.302 e. The number of hydrogen-bond acceptors (Lipinski definition) is 3. The Morgan fingerprint density at radius 1 is 1.35 bits per heavy atom. The summed E-state index contributed by atoms with van der Waals surface area (Å²) in [6.07, 6.45) is 1.19. The number of benzene rings is 1. The van der Waals surface area contributed by atoms with E-state index >= 15 is 0 Å². The fourth-order valence-corrected chi connectivity index (χ4v) is 2.44.